The van der Waals surface area contributed by atoms with Gasteiger partial charge >= 0.3 is 12.3 Å². The molecular weight excluding hydrogens is 484 g/mol. The van der Waals surface area contributed by atoms with Crippen LogP contribution in [0.25, 0.3) is 0 Å². The lowest BCUT2D eigenvalue weighted by Crippen LogP contribution is -2.40. The quantitative estimate of drug-likeness (QED) is 0.478. The van der Waals surface area contributed by atoms with E-state index in [4.69, 9.17) is 9.47 Å². The molecule has 1 fully saturated rings. The number of amides is 1. The first-order valence-electron chi connectivity index (χ1n) is 11.9. The Hall–Kier alpha value is -4.14. The maximum atomic E-state index is 13.7. The van der Waals surface area contributed by atoms with Crippen molar-refractivity contribution in [2.75, 3.05) is 7.11 Å². The molecule has 3 aromatic carbocycles. The van der Waals surface area contributed by atoms with E-state index in [2.05, 4.69) is 14.8 Å². The van der Waals surface area contributed by atoms with E-state index < -0.39 is 29.8 Å². The average molecular weight is 507 g/mol. The molecule has 1 N–H and O–H groups in total. The molecule has 1 amide bonds. The number of hydrogen-bond acceptors (Lipinski definition) is 6. The Morgan fingerprint density at radius 3 is 2.41 bits per heavy atom. The van der Waals surface area contributed by atoms with Crippen molar-refractivity contribution in [1.29, 1.82) is 0 Å². The number of fused-ring (bicyclic) bond motifs is 2. The van der Waals surface area contributed by atoms with Crippen molar-refractivity contribution in [2.45, 2.75) is 43.1 Å². The second kappa shape index (κ2) is 8.47. The number of ether oxygens (including phenoxy) is 4. The minimum Gasteiger partial charge on any atom is -0.485 e. The Morgan fingerprint density at radius 1 is 0.946 bits per heavy atom. The first-order valence-corrected chi connectivity index (χ1v) is 11.9. The van der Waals surface area contributed by atoms with Gasteiger partial charge in [0.05, 0.1) is 24.1 Å². The molecule has 1 saturated carbocycles. The van der Waals surface area contributed by atoms with Crippen LogP contribution in [0.1, 0.15) is 58.3 Å². The molecule has 0 spiro atoms. The van der Waals surface area contributed by atoms with Crippen molar-refractivity contribution < 1.29 is 37.3 Å². The lowest BCUT2D eigenvalue weighted by atomic mass is 9.86. The van der Waals surface area contributed by atoms with Gasteiger partial charge in [-0.2, -0.15) is 0 Å². The van der Waals surface area contributed by atoms with Crippen LogP contribution in [0.5, 0.6) is 17.2 Å². The van der Waals surface area contributed by atoms with Crippen LogP contribution < -0.4 is 19.5 Å². The number of rotatable bonds is 5. The van der Waals surface area contributed by atoms with E-state index in [1.807, 2.05) is 24.3 Å². The first kappa shape index (κ1) is 23.3. The molecule has 190 valence electrons. The Morgan fingerprint density at radius 2 is 1.68 bits per heavy atom. The summed E-state index contributed by atoms with van der Waals surface area (Å²) in [4.78, 5) is 25.5. The largest absolute Gasteiger partial charge is 0.586 e. The number of esters is 1. The second-order valence-corrected chi connectivity index (χ2v) is 9.45. The monoisotopic (exact) mass is 507 g/mol. The average Bonchev–Trinajstić information content (AvgIpc) is 3.61. The Kier molecular flexibility index (Phi) is 5.33. The molecule has 7 nitrogen and oxygen atoms in total. The zero-order valence-electron chi connectivity index (χ0n) is 19.8. The van der Waals surface area contributed by atoms with Gasteiger partial charge in [-0.15, -0.1) is 8.78 Å². The van der Waals surface area contributed by atoms with Crippen LogP contribution in [0, 0.1) is 0 Å². The summed E-state index contributed by atoms with van der Waals surface area (Å²) >= 11 is 0. The lowest BCUT2D eigenvalue weighted by Gasteiger charge is -2.33. The number of carbonyl (C=O) groups is 2. The van der Waals surface area contributed by atoms with Crippen LogP contribution in [-0.2, 0) is 15.1 Å². The molecule has 2 atom stereocenters. The standard InChI is InChI=1S/C28H23F2NO6/c1-34-26(33)17-8-6-16(7-9-17)23-15-20(19-4-2-3-5-21(19)35-23)25(32)31-27(12-13-27)18-10-11-22-24(14-18)37-28(29,30)36-22/h2-11,14,20,23H,12-13,15H2,1H3,(H,31,32)/t20-,23-/m1/s1. The molecule has 0 unspecified atom stereocenters. The third kappa shape index (κ3) is 4.24. The van der Waals surface area contributed by atoms with E-state index in [-0.39, 0.29) is 17.4 Å². The molecule has 2 aliphatic heterocycles. The molecule has 2 heterocycles. The van der Waals surface area contributed by atoms with Crippen LogP contribution in [0.4, 0.5) is 8.78 Å². The van der Waals surface area contributed by atoms with Crippen LogP contribution in [0.3, 0.4) is 0 Å². The Bertz CT molecular complexity index is 1390. The zero-order chi connectivity index (χ0) is 25.8. The van der Waals surface area contributed by atoms with Gasteiger partial charge in [0.1, 0.15) is 11.9 Å². The SMILES string of the molecule is COC(=O)c1ccc([C@H]2C[C@@H](C(=O)NC3(c4ccc5c(c4)OC(F)(F)O5)CC3)c3ccccc3O2)cc1. The number of methoxy groups -OCH3 is 1. The molecule has 1 aliphatic carbocycles. The normalized spacial score (nSPS) is 21.8. The highest BCUT2D eigenvalue weighted by Crippen LogP contribution is 2.51. The summed E-state index contributed by atoms with van der Waals surface area (Å²) in [6.45, 7) is 0. The number of nitrogens with one attached hydrogen (secondary N) is 1. The van der Waals surface area contributed by atoms with E-state index in [1.165, 1.54) is 19.2 Å². The fourth-order valence-corrected chi connectivity index (χ4v) is 5.00. The van der Waals surface area contributed by atoms with Crippen molar-refractivity contribution in [1.82, 2.24) is 5.32 Å². The van der Waals surface area contributed by atoms with E-state index in [0.29, 0.717) is 36.1 Å². The molecule has 0 radical (unpaired) electrons. The summed E-state index contributed by atoms with van der Waals surface area (Å²) in [5, 5.41) is 3.17. The van der Waals surface area contributed by atoms with Gasteiger partial charge in [0.15, 0.2) is 11.5 Å². The molecule has 3 aromatic rings. The molecule has 9 heteroatoms. The van der Waals surface area contributed by atoms with E-state index in [0.717, 1.165) is 11.1 Å². The summed E-state index contributed by atoms with van der Waals surface area (Å²) in [5.41, 5.74) is 2.07. The van der Waals surface area contributed by atoms with E-state index >= 15 is 0 Å². The van der Waals surface area contributed by atoms with Gasteiger partial charge in [-0.25, -0.2) is 4.79 Å². The topological polar surface area (TPSA) is 83.1 Å². The van der Waals surface area contributed by atoms with Gasteiger partial charge in [-0.05, 0) is 54.3 Å². The minimum absolute atomic E-state index is 0.0321. The number of benzene rings is 3. The number of alkyl halides is 2. The third-order valence-electron chi connectivity index (χ3n) is 7.10. The van der Waals surface area contributed by atoms with Gasteiger partial charge in [0, 0.05) is 12.0 Å². The summed E-state index contributed by atoms with van der Waals surface area (Å²) in [6.07, 6.45) is -2.35. The highest BCUT2D eigenvalue weighted by molar-refractivity contribution is 5.89. The van der Waals surface area contributed by atoms with Crippen molar-refractivity contribution in [3.05, 3.63) is 89.0 Å². The zero-order valence-corrected chi connectivity index (χ0v) is 19.8. The highest BCUT2D eigenvalue weighted by atomic mass is 19.3. The molecule has 0 aromatic heterocycles. The second-order valence-electron chi connectivity index (χ2n) is 9.45. The van der Waals surface area contributed by atoms with Gasteiger partial charge in [0.2, 0.25) is 5.91 Å². The van der Waals surface area contributed by atoms with Crippen molar-refractivity contribution >= 4 is 11.9 Å². The van der Waals surface area contributed by atoms with Crippen molar-refractivity contribution in [3.8, 4) is 17.2 Å². The lowest BCUT2D eigenvalue weighted by molar-refractivity contribution is -0.286. The van der Waals surface area contributed by atoms with Crippen LogP contribution >= 0.6 is 0 Å². The number of hydrogen-bond donors (Lipinski definition) is 1. The maximum absolute atomic E-state index is 13.7. The third-order valence-corrected chi connectivity index (χ3v) is 7.10. The number of carbonyl (C=O) groups excluding carboxylic acids is 2. The fourth-order valence-electron chi connectivity index (χ4n) is 5.00. The van der Waals surface area contributed by atoms with Crippen LogP contribution in [0.2, 0.25) is 0 Å². The van der Waals surface area contributed by atoms with Crippen molar-refractivity contribution in [3.63, 3.8) is 0 Å². The number of para-hydroxylation sites is 1. The molecule has 0 bridgehead atoms. The minimum atomic E-state index is -3.70. The molecule has 37 heavy (non-hydrogen) atoms. The van der Waals surface area contributed by atoms with E-state index in [9.17, 15) is 18.4 Å². The summed E-state index contributed by atoms with van der Waals surface area (Å²) < 4.78 is 47.1. The molecule has 3 aliphatic rings. The molecule has 6 rings (SSSR count). The van der Waals surface area contributed by atoms with Gasteiger partial charge in [-0.1, -0.05) is 36.4 Å². The number of halogens is 2. The Labute approximate surface area is 211 Å². The predicted molar refractivity (Wildman–Crippen MR) is 127 cm³/mol. The van der Waals surface area contributed by atoms with E-state index in [1.54, 1.807) is 30.3 Å². The van der Waals surface area contributed by atoms with Crippen LogP contribution in [-0.4, -0.2) is 25.3 Å². The van der Waals surface area contributed by atoms with Gasteiger partial charge in [-0.3, -0.25) is 4.79 Å². The van der Waals surface area contributed by atoms with Gasteiger partial charge in [0.25, 0.3) is 0 Å². The Balaban J connectivity index is 1.25. The smallest absolute Gasteiger partial charge is 0.485 e. The first-order chi connectivity index (χ1) is 17.8. The summed E-state index contributed by atoms with van der Waals surface area (Å²) in [6, 6.07) is 19.0. The molecule has 0 saturated heterocycles. The predicted octanol–water partition coefficient (Wildman–Crippen LogP) is 5.21. The highest BCUT2D eigenvalue weighted by Gasteiger charge is 2.50. The maximum Gasteiger partial charge on any atom is 0.586 e. The van der Waals surface area contributed by atoms with Crippen molar-refractivity contribution in [2.24, 2.45) is 0 Å². The summed E-state index contributed by atoms with van der Waals surface area (Å²) in [5.74, 6) is -0.560. The molecular formula is C28H23F2NO6. The van der Waals surface area contributed by atoms with Crippen LogP contribution in [0.15, 0.2) is 66.7 Å². The van der Waals surface area contributed by atoms with Gasteiger partial charge < -0.3 is 24.3 Å². The summed E-state index contributed by atoms with van der Waals surface area (Å²) in [7, 11) is 1.33. The fraction of sp³-hybridized carbons (Fsp3) is 0.286.